The predicted octanol–water partition coefficient (Wildman–Crippen LogP) is 3.01. The zero-order valence-electron chi connectivity index (χ0n) is 20.9. The molecule has 4 saturated heterocycles. The summed E-state index contributed by atoms with van der Waals surface area (Å²) < 4.78 is 7.51. The number of aromatic nitrogens is 3. The lowest BCUT2D eigenvalue weighted by atomic mass is 9.75. The molecule has 4 aliphatic rings. The number of piperidine rings is 3. The molecule has 0 spiro atoms. The highest BCUT2D eigenvalue weighted by Crippen LogP contribution is 2.38. The van der Waals surface area contributed by atoms with E-state index in [2.05, 4.69) is 43.2 Å². The maximum absolute atomic E-state index is 13.6. The second-order valence-electron chi connectivity index (χ2n) is 10.2. The van der Waals surface area contributed by atoms with Crippen LogP contribution in [-0.4, -0.2) is 83.1 Å². The first kappa shape index (κ1) is 23.0. The number of hydrogen-bond acceptors (Lipinski definition) is 6. The smallest absolute Gasteiger partial charge is 0.227 e. The Kier molecular flexibility index (Phi) is 6.35. The van der Waals surface area contributed by atoms with Crippen molar-refractivity contribution in [2.75, 3.05) is 51.3 Å². The van der Waals surface area contributed by atoms with Crippen LogP contribution in [0.25, 0.3) is 11.3 Å². The van der Waals surface area contributed by atoms with Crippen LogP contribution in [0.5, 0.6) is 5.75 Å². The van der Waals surface area contributed by atoms with E-state index in [1.54, 1.807) is 7.11 Å². The standard InChI is InChI=1S/C28H34N6O2/c1-36-27-10-6-5-9-26(27)31-13-15-32(16-14-31)28(35)24-19-33-12-11-22(24)17-23(33)18-34-20-25(29-30-34)21-7-3-2-4-8-21/h2-10,20,22-24H,11-19H2,1H3/t22-,23+,24-/m0/s1. The summed E-state index contributed by atoms with van der Waals surface area (Å²) in [7, 11) is 1.71. The maximum Gasteiger partial charge on any atom is 0.227 e. The first-order chi connectivity index (χ1) is 17.7. The van der Waals surface area contributed by atoms with E-state index in [0.29, 0.717) is 17.9 Å². The molecule has 0 radical (unpaired) electrons. The molecule has 0 N–H and O–H groups in total. The maximum atomic E-state index is 13.6. The molecule has 1 aromatic heterocycles. The van der Waals surface area contributed by atoms with Crippen molar-refractivity contribution in [1.82, 2.24) is 24.8 Å². The van der Waals surface area contributed by atoms with Crippen molar-refractivity contribution < 1.29 is 9.53 Å². The monoisotopic (exact) mass is 486 g/mol. The summed E-state index contributed by atoms with van der Waals surface area (Å²) in [6, 6.07) is 18.7. The largest absolute Gasteiger partial charge is 0.495 e. The highest BCUT2D eigenvalue weighted by atomic mass is 16.5. The zero-order chi connectivity index (χ0) is 24.5. The van der Waals surface area contributed by atoms with E-state index in [1.165, 1.54) is 0 Å². The van der Waals surface area contributed by atoms with Crippen LogP contribution < -0.4 is 9.64 Å². The first-order valence-electron chi connectivity index (χ1n) is 13.1. The fraction of sp³-hybridized carbons (Fsp3) is 0.464. The Morgan fingerprint density at radius 1 is 1.00 bits per heavy atom. The van der Waals surface area contributed by atoms with E-state index >= 15 is 0 Å². The summed E-state index contributed by atoms with van der Waals surface area (Å²) in [5.41, 5.74) is 3.11. The van der Waals surface area contributed by atoms with Crippen molar-refractivity contribution in [2.24, 2.45) is 11.8 Å². The van der Waals surface area contributed by atoms with E-state index in [4.69, 9.17) is 4.74 Å². The summed E-state index contributed by atoms with van der Waals surface area (Å²) in [4.78, 5) is 20.5. The van der Waals surface area contributed by atoms with Crippen LogP contribution >= 0.6 is 0 Å². The number of para-hydroxylation sites is 2. The average Bonchev–Trinajstić information content (AvgIpc) is 3.42. The average molecular weight is 487 g/mol. The van der Waals surface area contributed by atoms with Crippen LogP contribution in [-0.2, 0) is 11.3 Å². The van der Waals surface area contributed by atoms with Crippen molar-refractivity contribution in [2.45, 2.75) is 25.4 Å². The fourth-order valence-corrected chi connectivity index (χ4v) is 6.25. The van der Waals surface area contributed by atoms with Gasteiger partial charge in [-0.15, -0.1) is 5.10 Å². The zero-order valence-corrected chi connectivity index (χ0v) is 20.9. The van der Waals surface area contributed by atoms with Gasteiger partial charge in [0.15, 0.2) is 0 Å². The molecule has 188 valence electrons. The molecule has 2 bridgehead atoms. The van der Waals surface area contributed by atoms with Gasteiger partial charge in [-0.25, -0.2) is 0 Å². The fourth-order valence-electron chi connectivity index (χ4n) is 6.25. The second-order valence-corrected chi connectivity index (χ2v) is 10.2. The Bertz CT molecular complexity index is 1190. The molecule has 4 atom stereocenters. The SMILES string of the molecule is COc1ccccc1N1CCN(C(=O)[C@H]2CN3CC[C@H]2C[C@@H]3Cn2cc(-c3ccccc3)nn2)CC1. The minimum absolute atomic E-state index is 0.114. The van der Waals surface area contributed by atoms with Crippen LogP contribution in [0.2, 0.25) is 0 Å². The number of methoxy groups -OCH3 is 1. The van der Waals surface area contributed by atoms with Crippen molar-refractivity contribution >= 4 is 11.6 Å². The summed E-state index contributed by atoms with van der Waals surface area (Å²) in [5, 5.41) is 8.77. The Morgan fingerprint density at radius 2 is 1.78 bits per heavy atom. The molecule has 36 heavy (non-hydrogen) atoms. The molecule has 0 aliphatic carbocycles. The lowest BCUT2D eigenvalue weighted by Crippen LogP contribution is -2.60. The third-order valence-corrected chi connectivity index (χ3v) is 8.22. The molecular formula is C28H34N6O2. The number of carbonyl (C=O) groups is 1. The number of nitrogens with zero attached hydrogens (tertiary/aromatic N) is 6. The first-order valence-corrected chi connectivity index (χ1v) is 13.1. The molecule has 0 saturated carbocycles. The van der Waals surface area contributed by atoms with Gasteiger partial charge in [0, 0.05) is 44.3 Å². The highest BCUT2D eigenvalue weighted by Gasteiger charge is 2.44. The van der Waals surface area contributed by atoms with E-state index in [0.717, 1.165) is 81.3 Å². The Labute approximate surface area is 212 Å². The molecule has 5 heterocycles. The molecule has 7 rings (SSSR count). The van der Waals surface area contributed by atoms with Gasteiger partial charge < -0.3 is 14.5 Å². The number of anilines is 1. The van der Waals surface area contributed by atoms with Gasteiger partial charge in [0.1, 0.15) is 11.4 Å². The predicted molar refractivity (Wildman–Crippen MR) is 139 cm³/mol. The van der Waals surface area contributed by atoms with Crippen molar-refractivity contribution in [3.8, 4) is 17.0 Å². The van der Waals surface area contributed by atoms with Gasteiger partial charge in [-0.1, -0.05) is 47.7 Å². The van der Waals surface area contributed by atoms with Gasteiger partial charge in [0.2, 0.25) is 5.91 Å². The van der Waals surface area contributed by atoms with E-state index in [9.17, 15) is 4.79 Å². The molecular weight excluding hydrogens is 452 g/mol. The molecule has 8 heteroatoms. The molecule has 4 aliphatic heterocycles. The summed E-state index contributed by atoms with van der Waals surface area (Å²) >= 11 is 0. The second kappa shape index (κ2) is 9.93. The number of fused-ring (bicyclic) bond motifs is 3. The van der Waals surface area contributed by atoms with Crippen LogP contribution in [0.3, 0.4) is 0 Å². The number of piperazine rings is 1. The lowest BCUT2D eigenvalue weighted by molar-refractivity contribution is -0.144. The Balaban J connectivity index is 1.05. The third-order valence-electron chi connectivity index (χ3n) is 8.22. The third kappa shape index (κ3) is 4.46. The summed E-state index contributed by atoms with van der Waals surface area (Å²) in [6.45, 7) is 5.98. The van der Waals surface area contributed by atoms with Gasteiger partial charge in [-0.05, 0) is 37.4 Å². The number of amides is 1. The Hall–Kier alpha value is -3.39. The number of rotatable bonds is 6. The van der Waals surface area contributed by atoms with E-state index in [-0.39, 0.29) is 5.92 Å². The van der Waals surface area contributed by atoms with Gasteiger partial charge in [-0.2, -0.15) is 0 Å². The molecule has 1 amide bonds. The molecule has 8 nitrogen and oxygen atoms in total. The molecule has 1 unspecified atom stereocenters. The van der Waals surface area contributed by atoms with E-state index in [1.807, 2.05) is 47.3 Å². The molecule has 2 aromatic carbocycles. The van der Waals surface area contributed by atoms with Gasteiger partial charge >= 0.3 is 0 Å². The van der Waals surface area contributed by atoms with Crippen molar-refractivity contribution in [3.63, 3.8) is 0 Å². The van der Waals surface area contributed by atoms with Crippen LogP contribution in [0, 0.1) is 11.8 Å². The van der Waals surface area contributed by atoms with Crippen LogP contribution in [0.15, 0.2) is 60.8 Å². The van der Waals surface area contributed by atoms with Gasteiger partial charge in [0.25, 0.3) is 0 Å². The quantitative estimate of drug-likeness (QED) is 0.534. The number of ether oxygens (including phenoxy) is 1. The lowest BCUT2D eigenvalue weighted by Gasteiger charge is -2.50. The van der Waals surface area contributed by atoms with Gasteiger partial charge in [-0.3, -0.25) is 14.4 Å². The number of benzene rings is 2. The summed E-state index contributed by atoms with van der Waals surface area (Å²) in [6.07, 6.45) is 4.21. The summed E-state index contributed by atoms with van der Waals surface area (Å²) in [5.74, 6) is 1.80. The van der Waals surface area contributed by atoms with Crippen LogP contribution in [0.4, 0.5) is 5.69 Å². The van der Waals surface area contributed by atoms with Crippen molar-refractivity contribution in [3.05, 3.63) is 60.8 Å². The van der Waals surface area contributed by atoms with Gasteiger partial charge in [0.05, 0.1) is 31.5 Å². The molecule has 4 fully saturated rings. The van der Waals surface area contributed by atoms with Crippen LogP contribution in [0.1, 0.15) is 12.8 Å². The minimum atomic E-state index is 0.114. The Morgan fingerprint density at radius 3 is 2.53 bits per heavy atom. The highest BCUT2D eigenvalue weighted by molar-refractivity contribution is 5.80. The molecule has 3 aromatic rings. The van der Waals surface area contributed by atoms with Crippen molar-refractivity contribution in [1.29, 1.82) is 0 Å². The number of hydrogen-bond donors (Lipinski definition) is 0. The van der Waals surface area contributed by atoms with E-state index < -0.39 is 0 Å². The number of carbonyl (C=O) groups excluding carboxylic acids is 1. The topological polar surface area (TPSA) is 66.7 Å². The normalized spacial score (nSPS) is 25.7. The minimum Gasteiger partial charge on any atom is -0.495 e.